The minimum Gasteiger partial charge on any atom is -0.320 e. The number of hydrogen-bond donors (Lipinski definition) is 2. The van der Waals surface area contributed by atoms with Gasteiger partial charge in [0.15, 0.2) is 0 Å². The van der Waals surface area contributed by atoms with E-state index in [0.29, 0.717) is 12.2 Å². The van der Waals surface area contributed by atoms with E-state index in [1.165, 1.54) is 0 Å². The molecule has 5 heteroatoms. The van der Waals surface area contributed by atoms with E-state index in [1.54, 1.807) is 16.9 Å². The molecule has 0 saturated carbocycles. The average molecular weight is 210 g/mol. The van der Waals surface area contributed by atoms with Crippen LogP contribution < -0.4 is 11.1 Å². The molecule has 1 aromatic heterocycles. The van der Waals surface area contributed by atoms with Crippen molar-refractivity contribution in [2.24, 2.45) is 5.73 Å². The van der Waals surface area contributed by atoms with Gasteiger partial charge in [-0.15, -0.1) is 0 Å². The highest BCUT2D eigenvalue weighted by molar-refractivity contribution is 5.93. The van der Waals surface area contributed by atoms with Gasteiger partial charge in [-0.25, -0.2) is 4.68 Å². The summed E-state index contributed by atoms with van der Waals surface area (Å²) in [4.78, 5) is 11.5. The van der Waals surface area contributed by atoms with E-state index in [-0.39, 0.29) is 5.91 Å². The zero-order valence-corrected chi connectivity index (χ0v) is 9.23. The van der Waals surface area contributed by atoms with Gasteiger partial charge in [-0.1, -0.05) is 13.8 Å². The molecule has 0 bridgehead atoms. The van der Waals surface area contributed by atoms with Crippen LogP contribution in [0.1, 0.15) is 26.7 Å². The molecule has 0 radical (unpaired) electrons. The van der Waals surface area contributed by atoms with E-state index in [1.807, 2.05) is 6.92 Å². The van der Waals surface area contributed by atoms with Gasteiger partial charge in [-0.05, 0) is 12.8 Å². The Labute approximate surface area is 89.6 Å². The molecule has 15 heavy (non-hydrogen) atoms. The number of aromatic nitrogens is 2. The van der Waals surface area contributed by atoms with Gasteiger partial charge < -0.3 is 11.1 Å². The van der Waals surface area contributed by atoms with Crippen molar-refractivity contribution < 1.29 is 4.79 Å². The second kappa shape index (κ2) is 5.50. The maximum Gasteiger partial charge on any atom is 0.242 e. The molecule has 1 amide bonds. The summed E-state index contributed by atoms with van der Waals surface area (Å²) in [5, 5.41) is 6.87. The molecule has 1 aromatic rings. The predicted molar refractivity (Wildman–Crippen MR) is 59.4 cm³/mol. The standard InChI is InChI=1S/C10H18N4O/c1-3-7-14-9(5-6-12-14)13-10(15)8(11)4-2/h5-6,8H,3-4,7,11H2,1-2H3,(H,13,15)/t8-/m0/s1. The molecular formula is C10H18N4O. The molecule has 0 spiro atoms. The Balaban J connectivity index is 2.63. The quantitative estimate of drug-likeness (QED) is 0.760. The highest BCUT2D eigenvalue weighted by Gasteiger charge is 2.12. The normalized spacial score (nSPS) is 12.5. The molecule has 3 N–H and O–H groups in total. The summed E-state index contributed by atoms with van der Waals surface area (Å²) in [6.45, 7) is 4.74. The molecule has 0 aromatic carbocycles. The molecule has 1 heterocycles. The lowest BCUT2D eigenvalue weighted by Crippen LogP contribution is -2.35. The number of nitrogens with zero attached hydrogens (tertiary/aromatic N) is 2. The third kappa shape index (κ3) is 3.06. The van der Waals surface area contributed by atoms with E-state index in [4.69, 9.17) is 5.73 Å². The van der Waals surface area contributed by atoms with Gasteiger partial charge in [0.1, 0.15) is 5.82 Å². The van der Waals surface area contributed by atoms with Gasteiger partial charge in [-0.2, -0.15) is 5.10 Å². The third-order valence-corrected chi connectivity index (χ3v) is 2.18. The summed E-state index contributed by atoms with van der Waals surface area (Å²) in [5.74, 6) is 0.557. The van der Waals surface area contributed by atoms with Crippen LogP contribution in [0.3, 0.4) is 0 Å². The van der Waals surface area contributed by atoms with Crippen LogP contribution in [-0.4, -0.2) is 21.7 Å². The third-order valence-electron chi connectivity index (χ3n) is 2.18. The van der Waals surface area contributed by atoms with Gasteiger partial charge in [0.25, 0.3) is 0 Å². The SMILES string of the molecule is CCCn1nccc1NC(=O)[C@@H](N)CC. The number of nitrogens with one attached hydrogen (secondary N) is 1. The molecule has 84 valence electrons. The zero-order chi connectivity index (χ0) is 11.3. The van der Waals surface area contributed by atoms with Gasteiger partial charge in [-0.3, -0.25) is 4.79 Å². The minimum absolute atomic E-state index is 0.157. The smallest absolute Gasteiger partial charge is 0.242 e. The number of nitrogens with two attached hydrogens (primary N) is 1. The lowest BCUT2D eigenvalue weighted by atomic mass is 10.2. The van der Waals surface area contributed by atoms with E-state index in [2.05, 4.69) is 17.3 Å². The van der Waals surface area contributed by atoms with E-state index in [9.17, 15) is 4.79 Å². The van der Waals surface area contributed by atoms with E-state index < -0.39 is 6.04 Å². The van der Waals surface area contributed by atoms with Crippen LogP contribution in [0.25, 0.3) is 0 Å². The molecule has 0 unspecified atom stereocenters. The Bertz CT molecular complexity index is 321. The molecule has 0 aliphatic carbocycles. The maximum atomic E-state index is 11.5. The van der Waals surface area contributed by atoms with Crippen LogP contribution in [0.5, 0.6) is 0 Å². The minimum atomic E-state index is -0.449. The zero-order valence-electron chi connectivity index (χ0n) is 9.23. The van der Waals surface area contributed by atoms with Crippen molar-refractivity contribution in [2.75, 3.05) is 5.32 Å². The van der Waals surface area contributed by atoms with Crippen LogP contribution in [0, 0.1) is 0 Å². The van der Waals surface area contributed by atoms with Crippen molar-refractivity contribution in [1.82, 2.24) is 9.78 Å². The van der Waals surface area contributed by atoms with Gasteiger partial charge in [0.05, 0.1) is 12.2 Å². The number of carbonyl (C=O) groups is 1. The van der Waals surface area contributed by atoms with Crippen LogP contribution in [-0.2, 0) is 11.3 Å². The Morgan fingerprint density at radius 1 is 1.67 bits per heavy atom. The van der Waals surface area contributed by atoms with Gasteiger partial charge >= 0.3 is 0 Å². The molecule has 0 aliphatic rings. The summed E-state index contributed by atoms with van der Waals surface area (Å²) in [6.07, 6.45) is 3.28. The lowest BCUT2D eigenvalue weighted by molar-refractivity contribution is -0.117. The van der Waals surface area contributed by atoms with Crippen molar-refractivity contribution >= 4 is 11.7 Å². The Morgan fingerprint density at radius 2 is 2.40 bits per heavy atom. The molecule has 1 rings (SSSR count). The number of carbonyl (C=O) groups excluding carboxylic acids is 1. The lowest BCUT2D eigenvalue weighted by Gasteiger charge is -2.11. The van der Waals surface area contributed by atoms with Crippen molar-refractivity contribution in [3.63, 3.8) is 0 Å². The monoisotopic (exact) mass is 210 g/mol. The first-order valence-corrected chi connectivity index (χ1v) is 5.27. The van der Waals surface area contributed by atoms with Crippen LogP contribution >= 0.6 is 0 Å². The Kier molecular flexibility index (Phi) is 4.30. The number of amides is 1. The fourth-order valence-corrected chi connectivity index (χ4v) is 1.23. The summed E-state index contributed by atoms with van der Waals surface area (Å²) in [5.41, 5.74) is 5.62. The maximum absolute atomic E-state index is 11.5. The van der Waals surface area contributed by atoms with Crippen molar-refractivity contribution in [3.8, 4) is 0 Å². The van der Waals surface area contributed by atoms with Crippen molar-refractivity contribution in [1.29, 1.82) is 0 Å². The molecule has 0 saturated heterocycles. The van der Waals surface area contributed by atoms with Crippen LogP contribution in [0.4, 0.5) is 5.82 Å². The number of rotatable bonds is 5. The summed E-state index contributed by atoms with van der Waals surface area (Å²) >= 11 is 0. The predicted octanol–water partition coefficient (Wildman–Crippen LogP) is 0.969. The summed E-state index contributed by atoms with van der Waals surface area (Å²) < 4.78 is 1.76. The summed E-state index contributed by atoms with van der Waals surface area (Å²) in [7, 11) is 0. The van der Waals surface area contributed by atoms with E-state index in [0.717, 1.165) is 13.0 Å². The second-order valence-electron chi connectivity index (χ2n) is 3.44. The van der Waals surface area contributed by atoms with Gasteiger partial charge in [0, 0.05) is 12.6 Å². The first-order chi connectivity index (χ1) is 7.19. The summed E-state index contributed by atoms with van der Waals surface area (Å²) in [6, 6.07) is 1.32. The number of aryl methyl sites for hydroxylation is 1. The average Bonchev–Trinajstić information content (AvgIpc) is 2.65. The van der Waals surface area contributed by atoms with Crippen molar-refractivity contribution in [2.45, 2.75) is 39.3 Å². The molecular weight excluding hydrogens is 192 g/mol. The van der Waals surface area contributed by atoms with Crippen molar-refractivity contribution in [3.05, 3.63) is 12.3 Å². The largest absolute Gasteiger partial charge is 0.320 e. The molecule has 5 nitrogen and oxygen atoms in total. The fraction of sp³-hybridized carbons (Fsp3) is 0.600. The molecule has 0 fully saturated rings. The van der Waals surface area contributed by atoms with Crippen LogP contribution in [0.2, 0.25) is 0 Å². The molecule has 0 aliphatic heterocycles. The fourth-order valence-electron chi connectivity index (χ4n) is 1.23. The topological polar surface area (TPSA) is 72.9 Å². The first-order valence-electron chi connectivity index (χ1n) is 5.27. The molecule has 1 atom stereocenters. The first kappa shape index (κ1) is 11.7. The number of anilines is 1. The highest BCUT2D eigenvalue weighted by Crippen LogP contribution is 2.07. The van der Waals surface area contributed by atoms with Gasteiger partial charge in [0.2, 0.25) is 5.91 Å². The highest BCUT2D eigenvalue weighted by atomic mass is 16.2. The number of hydrogen-bond acceptors (Lipinski definition) is 3. The van der Waals surface area contributed by atoms with E-state index >= 15 is 0 Å². The second-order valence-corrected chi connectivity index (χ2v) is 3.44. The Morgan fingerprint density at radius 3 is 3.00 bits per heavy atom. The Hall–Kier alpha value is -1.36. The van der Waals surface area contributed by atoms with Crippen LogP contribution in [0.15, 0.2) is 12.3 Å².